The molecule has 0 saturated heterocycles. The largest absolute Gasteiger partial charge is 0.485 e. The summed E-state index contributed by atoms with van der Waals surface area (Å²) in [5.74, 6) is 0.673. The van der Waals surface area contributed by atoms with Crippen LogP contribution in [-0.4, -0.2) is 35.0 Å². The number of pyridine rings is 1. The Labute approximate surface area is 122 Å². The van der Waals surface area contributed by atoms with Crippen molar-refractivity contribution in [1.29, 1.82) is 0 Å². The standard InChI is InChI=1S/C15H16ClNO3/c1-2-19-15-11(18)8-13(15)20-12-6-5-10(16)9-4-3-7-17-14(9)12/h3-7,11,13,15,18H,2,8H2,1H3. The van der Waals surface area contributed by atoms with Gasteiger partial charge in [0, 0.05) is 24.6 Å². The number of aliphatic hydroxyl groups excluding tert-OH is 1. The van der Waals surface area contributed by atoms with Gasteiger partial charge in [-0.2, -0.15) is 0 Å². The van der Waals surface area contributed by atoms with Crippen LogP contribution in [0.15, 0.2) is 30.5 Å². The second-order valence-electron chi connectivity index (χ2n) is 4.82. The number of aromatic nitrogens is 1. The van der Waals surface area contributed by atoms with Gasteiger partial charge in [-0.05, 0) is 31.2 Å². The zero-order valence-electron chi connectivity index (χ0n) is 11.1. The smallest absolute Gasteiger partial charge is 0.146 e. The molecule has 0 spiro atoms. The molecule has 3 rings (SSSR count). The summed E-state index contributed by atoms with van der Waals surface area (Å²) in [5, 5.41) is 11.2. The number of fused-ring (bicyclic) bond motifs is 1. The van der Waals surface area contributed by atoms with Crippen LogP contribution in [0, 0.1) is 0 Å². The number of benzene rings is 1. The van der Waals surface area contributed by atoms with Crippen molar-refractivity contribution >= 4 is 22.5 Å². The molecule has 1 heterocycles. The highest BCUT2D eigenvalue weighted by Crippen LogP contribution is 2.34. The fourth-order valence-electron chi connectivity index (χ4n) is 2.45. The van der Waals surface area contributed by atoms with Gasteiger partial charge in [0.25, 0.3) is 0 Å². The van der Waals surface area contributed by atoms with E-state index in [1.165, 1.54) is 0 Å². The first-order valence-electron chi connectivity index (χ1n) is 6.70. The average Bonchev–Trinajstić information content (AvgIpc) is 2.47. The molecule has 5 heteroatoms. The molecule has 1 aromatic heterocycles. The Kier molecular flexibility index (Phi) is 3.78. The lowest BCUT2D eigenvalue weighted by Crippen LogP contribution is -2.55. The Hall–Kier alpha value is -1.36. The fourth-order valence-corrected chi connectivity index (χ4v) is 2.67. The van der Waals surface area contributed by atoms with E-state index in [-0.39, 0.29) is 12.2 Å². The molecule has 0 bridgehead atoms. The van der Waals surface area contributed by atoms with E-state index >= 15 is 0 Å². The van der Waals surface area contributed by atoms with Crippen molar-refractivity contribution in [3.05, 3.63) is 35.5 Å². The first-order valence-corrected chi connectivity index (χ1v) is 7.08. The Morgan fingerprint density at radius 1 is 1.40 bits per heavy atom. The van der Waals surface area contributed by atoms with Crippen LogP contribution in [0.5, 0.6) is 5.75 Å². The van der Waals surface area contributed by atoms with Crippen molar-refractivity contribution in [3.8, 4) is 5.75 Å². The lowest BCUT2D eigenvalue weighted by Gasteiger charge is -2.40. The molecule has 20 heavy (non-hydrogen) atoms. The minimum absolute atomic E-state index is 0.142. The quantitative estimate of drug-likeness (QED) is 0.942. The molecule has 1 aromatic carbocycles. The van der Waals surface area contributed by atoms with E-state index < -0.39 is 6.10 Å². The molecular formula is C15H16ClNO3. The zero-order chi connectivity index (χ0) is 14.1. The molecule has 1 saturated carbocycles. The molecular weight excluding hydrogens is 278 g/mol. The number of rotatable bonds is 4. The van der Waals surface area contributed by atoms with E-state index in [1.807, 2.05) is 25.1 Å². The number of hydrogen-bond acceptors (Lipinski definition) is 4. The Bertz CT molecular complexity index is 619. The summed E-state index contributed by atoms with van der Waals surface area (Å²) in [7, 11) is 0. The topological polar surface area (TPSA) is 51.6 Å². The van der Waals surface area contributed by atoms with Crippen LogP contribution < -0.4 is 4.74 Å². The molecule has 0 aliphatic heterocycles. The van der Waals surface area contributed by atoms with Crippen molar-refractivity contribution in [2.24, 2.45) is 0 Å². The highest BCUT2D eigenvalue weighted by Gasteiger charge is 2.42. The zero-order valence-corrected chi connectivity index (χ0v) is 11.9. The van der Waals surface area contributed by atoms with Crippen molar-refractivity contribution in [2.45, 2.75) is 31.7 Å². The number of nitrogens with zero attached hydrogens (tertiary/aromatic N) is 1. The van der Waals surface area contributed by atoms with Gasteiger partial charge in [0.05, 0.1) is 11.1 Å². The van der Waals surface area contributed by atoms with Crippen LogP contribution in [0.2, 0.25) is 5.02 Å². The first kappa shape index (κ1) is 13.6. The van der Waals surface area contributed by atoms with E-state index in [9.17, 15) is 5.11 Å². The molecule has 106 valence electrons. The number of halogens is 1. The van der Waals surface area contributed by atoms with Crippen molar-refractivity contribution in [3.63, 3.8) is 0 Å². The van der Waals surface area contributed by atoms with Crippen LogP contribution in [0.25, 0.3) is 10.9 Å². The predicted octanol–water partition coefficient (Wildman–Crippen LogP) is 2.81. The summed E-state index contributed by atoms with van der Waals surface area (Å²) in [5.41, 5.74) is 0.733. The van der Waals surface area contributed by atoms with Gasteiger partial charge in [-0.25, -0.2) is 0 Å². The fraction of sp³-hybridized carbons (Fsp3) is 0.400. The molecule has 1 aliphatic carbocycles. The minimum Gasteiger partial charge on any atom is -0.485 e. The maximum Gasteiger partial charge on any atom is 0.146 e. The van der Waals surface area contributed by atoms with Gasteiger partial charge >= 0.3 is 0 Å². The van der Waals surface area contributed by atoms with Gasteiger partial charge < -0.3 is 14.6 Å². The van der Waals surface area contributed by atoms with E-state index in [4.69, 9.17) is 21.1 Å². The molecule has 1 aliphatic rings. The summed E-state index contributed by atoms with van der Waals surface area (Å²) in [4.78, 5) is 4.33. The van der Waals surface area contributed by atoms with Gasteiger partial charge in [-0.15, -0.1) is 0 Å². The SMILES string of the molecule is CCOC1C(O)CC1Oc1ccc(Cl)c2cccnc12. The van der Waals surface area contributed by atoms with Crippen LogP contribution in [-0.2, 0) is 4.74 Å². The third-order valence-electron chi connectivity index (χ3n) is 3.54. The molecule has 0 radical (unpaired) electrons. The number of hydrogen-bond donors (Lipinski definition) is 1. The molecule has 2 aromatic rings. The minimum atomic E-state index is -0.452. The van der Waals surface area contributed by atoms with Crippen molar-refractivity contribution in [1.82, 2.24) is 4.98 Å². The van der Waals surface area contributed by atoms with E-state index in [2.05, 4.69) is 4.98 Å². The summed E-state index contributed by atoms with van der Waals surface area (Å²) < 4.78 is 11.4. The van der Waals surface area contributed by atoms with Gasteiger partial charge in [-0.1, -0.05) is 11.6 Å². The lowest BCUT2D eigenvalue weighted by atomic mass is 9.88. The first-order chi connectivity index (χ1) is 9.70. The predicted molar refractivity (Wildman–Crippen MR) is 77.2 cm³/mol. The maximum atomic E-state index is 9.70. The summed E-state index contributed by atoms with van der Waals surface area (Å²) in [6.07, 6.45) is 1.42. The highest BCUT2D eigenvalue weighted by atomic mass is 35.5. The molecule has 3 unspecified atom stereocenters. The molecule has 4 nitrogen and oxygen atoms in total. The van der Waals surface area contributed by atoms with E-state index in [1.54, 1.807) is 12.3 Å². The second kappa shape index (κ2) is 5.56. The van der Waals surface area contributed by atoms with Gasteiger partial charge in [-0.3, -0.25) is 4.98 Å². The van der Waals surface area contributed by atoms with Crippen molar-refractivity contribution in [2.75, 3.05) is 6.61 Å². The van der Waals surface area contributed by atoms with E-state index in [0.717, 1.165) is 10.9 Å². The number of ether oxygens (including phenoxy) is 2. The van der Waals surface area contributed by atoms with Gasteiger partial charge in [0.1, 0.15) is 23.5 Å². The second-order valence-corrected chi connectivity index (χ2v) is 5.23. The summed E-state index contributed by atoms with van der Waals surface area (Å²) >= 11 is 6.15. The Morgan fingerprint density at radius 2 is 2.25 bits per heavy atom. The van der Waals surface area contributed by atoms with Crippen molar-refractivity contribution < 1.29 is 14.6 Å². The highest BCUT2D eigenvalue weighted by molar-refractivity contribution is 6.35. The number of aliphatic hydroxyl groups is 1. The van der Waals surface area contributed by atoms with Crippen LogP contribution in [0.3, 0.4) is 0 Å². The molecule has 1 fully saturated rings. The monoisotopic (exact) mass is 293 g/mol. The van der Waals surface area contributed by atoms with Gasteiger partial charge in [0.15, 0.2) is 0 Å². The van der Waals surface area contributed by atoms with Gasteiger partial charge in [0.2, 0.25) is 0 Å². The third-order valence-corrected chi connectivity index (χ3v) is 3.87. The lowest BCUT2D eigenvalue weighted by molar-refractivity contribution is -0.160. The molecule has 3 atom stereocenters. The Balaban J connectivity index is 1.87. The van der Waals surface area contributed by atoms with Crippen LogP contribution in [0.1, 0.15) is 13.3 Å². The molecule has 0 amide bonds. The summed E-state index contributed by atoms with van der Waals surface area (Å²) in [6, 6.07) is 7.36. The third kappa shape index (κ3) is 2.35. The normalized spacial score (nSPS) is 25.4. The molecule has 1 N–H and O–H groups in total. The van der Waals surface area contributed by atoms with E-state index in [0.29, 0.717) is 23.8 Å². The summed E-state index contributed by atoms with van der Waals surface area (Å²) in [6.45, 7) is 2.46. The average molecular weight is 294 g/mol. The maximum absolute atomic E-state index is 9.70. The van der Waals surface area contributed by atoms with Crippen LogP contribution >= 0.6 is 11.6 Å². The Morgan fingerprint density at radius 3 is 3.00 bits per heavy atom. The van der Waals surface area contributed by atoms with Crippen LogP contribution in [0.4, 0.5) is 0 Å².